The lowest BCUT2D eigenvalue weighted by atomic mass is 9.61. The maximum atomic E-state index is 12.1. The molecular weight excluding hydrogens is 481 g/mol. The fourth-order valence-electron chi connectivity index (χ4n) is 4.33. The molecule has 2 aliphatic rings. The van der Waals surface area contributed by atoms with E-state index in [0.717, 1.165) is 59.3 Å². The first-order valence-corrected chi connectivity index (χ1v) is 11.1. The fourth-order valence-corrected chi connectivity index (χ4v) is 5.19. The van der Waals surface area contributed by atoms with Crippen molar-refractivity contribution < 1.29 is 9.53 Å². The van der Waals surface area contributed by atoms with Crippen molar-refractivity contribution in [2.24, 2.45) is 5.41 Å². The third-order valence-electron chi connectivity index (χ3n) is 5.84. The SMILES string of the molecule is CCCCOC(=O)N1CC2(CC(n3nc(-c4cccnc4)c(I)c3CC#N)C2)C1. The minimum absolute atomic E-state index is 0.185. The summed E-state index contributed by atoms with van der Waals surface area (Å²) in [6.07, 6.45) is 7.59. The second-order valence-electron chi connectivity index (χ2n) is 8.02. The van der Waals surface area contributed by atoms with Crippen LogP contribution in [0.25, 0.3) is 11.3 Å². The van der Waals surface area contributed by atoms with E-state index < -0.39 is 0 Å². The first-order valence-electron chi connectivity index (χ1n) is 10.0. The van der Waals surface area contributed by atoms with E-state index in [1.807, 2.05) is 16.8 Å². The van der Waals surface area contributed by atoms with Gasteiger partial charge in [0.15, 0.2) is 0 Å². The van der Waals surface area contributed by atoms with Gasteiger partial charge in [0.2, 0.25) is 0 Å². The van der Waals surface area contributed by atoms with E-state index in [2.05, 4.69) is 40.6 Å². The molecule has 2 aromatic heterocycles. The predicted molar refractivity (Wildman–Crippen MR) is 116 cm³/mol. The molecule has 152 valence electrons. The van der Waals surface area contributed by atoms with Crippen molar-refractivity contribution in [1.29, 1.82) is 5.26 Å². The van der Waals surface area contributed by atoms with E-state index >= 15 is 0 Å². The van der Waals surface area contributed by atoms with Gasteiger partial charge >= 0.3 is 6.09 Å². The summed E-state index contributed by atoms with van der Waals surface area (Å²) in [6, 6.07) is 6.44. The van der Waals surface area contributed by atoms with Crippen molar-refractivity contribution in [3.63, 3.8) is 0 Å². The van der Waals surface area contributed by atoms with Crippen LogP contribution in [0.5, 0.6) is 0 Å². The summed E-state index contributed by atoms with van der Waals surface area (Å²) >= 11 is 2.29. The molecule has 2 fully saturated rings. The summed E-state index contributed by atoms with van der Waals surface area (Å²) in [5.41, 5.74) is 3.01. The number of ether oxygens (including phenoxy) is 1. The van der Waals surface area contributed by atoms with E-state index in [1.54, 1.807) is 17.3 Å². The van der Waals surface area contributed by atoms with Gasteiger partial charge in [-0.15, -0.1) is 0 Å². The largest absolute Gasteiger partial charge is 0.449 e. The molecule has 7 nitrogen and oxygen atoms in total. The Morgan fingerprint density at radius 1 is 1.45 bits per heavy atom. The number of carbonyl (C=O) groups is 1. The van der Waals surface area contributed by atoms with Crippen molar-refractivity contribution in [3.8, 4) is 17.3 Å². The second kappa shape index (κ2) is 8.30. The zero-order valence-corrected chi connectivity index (χ0v) is 18.6. The molecule has 1 saturated heterocycles. The number of unbranched alkanes of at least 4 members (excludes halogenated alkanes) is 1. The van der Waals surface area contributed by atoms with E-state index in [0.29, 0.717) is 13.0 Å². The molecule has 0 N–H and O–H groups in total. The summed E-state index contributed by atoms with van der Waals surface area (Å²) < 4.78 is 8.37. The number of hydrogen-bond donors (Lipinski definition) is 0. The number of pyridine rings is 1. The summed E-state index contributed by atoms with van der Waals surface area (Å²) in [5, 5.41) is 14.2. The highest BCUT2D eigenvalue weighted by Gasteiger charge is 2.55. The van der Waals surface area contributed by atoms with Crippen molar-refractivity contribution in [3.05, 3.63) is 33.8 Å². The van der Waals surface area contributed by atoms with E-state index in [1.165, 1.54) is 0 Å². The topological polar surface area (TPSA) is 84.0 Å². The molecule has 0 unspecified atom stereocenters. The molecule has 0 radical (unpaired) electrons. The van der Waals surface area contributed by atoms with Crippen LogP contribution in [0.4, 0.5) is 4.79 Å². The summed E-state index contributed by atoms with van der Waals surface area (Å²) in [5.74, 6) is 0. The molecule has 29 heavy (non-hydrogen) atoms. The monoisotopic (exact) mass is 505 g/mol. The van der Waals surface area contributed by atoms with Gasteiger partial charge in [-0.1, -0.05) is 13.3 Å². The first kappa shape index (κ1) is 20.1. The Hall–Kier alpha value is -2.15. The van der Waals surface area contributed by atoms with Gasteiger partial charge in [0.05, 0.1) is 34.4 Å². The van der Waals surface area contributed by atoms with Gasteiger partial charge in [0.25, 0.3) is 0 Å². The Kier molecular flexibility index (Phi) is 5.76. The van der Waals surface area contributed by atoms with Gasteiger partial charge in [-0.3, -0.25) is 9.67 Å². The number of rotatable bonds is 6. The van der Waals surface area contributed by atoms with Crippen molar-refractivity contribution >= 4 is 28.7 Å². The molecule has 0 atom stereocenters. The molecular formula is C21H24IN5O2. The smallest absolute Gasteiger partial charge is 0.409 e. The Balaban J connectivity index is 1.42. The van der Waals surface area contributed by atoms with Gasteiger partial charge in [0.1, 0.15) is 5.69 Å². The van der Waals surface area contributed by atoms with Gasteiger partial charge < -0.3 is 9.64 Å². The van der Waals surface area contributed by atoms with Crippen molar-refractivity contribution in [2.75, 3.05) is 19.7 Å². The number of hydrogen-bond acceptors (Lipinski definition) is 5. The van der Waals surface area contributed by atoms with Crippen LogP contribution in [0.2, 0.25) is 0 Å². The van der Waals surface area contributed by atoms with Gasteiger partial charge in [-0.25, -0.2) is 4.79 Å². The number of halogens is 1. The number of amides is 1. The molecule has 0 bridgehead atoms. The van der Waals surface area contributed by atoms with Crippen LogP contribution in [-0.4, -0.2) is 45.5 Å². The molecule has 1 aliphatic carbocycles. The number of nitrogens with zero attached hydrogens (tertiary/aromatic N) is 5. The normalized spacial score (nSPS) is 17.5. The number of aromatic nitrogens is 3. The first-order chi connectivity index (χ1) is 14.1. The van der Waals surface area contributed by atoms with Crippen LogP contribution in [0.3, 0.4) is 0 Å². The Morgan fingerprint density at radius 3 is 2.90 bits per heavy atom. The average molecular weight is 505 g/mol. The number of likely N-dealkylation sites (tertiary alicyclic amines) is 1. The lowest BCUT2D eigenvalue weighted by Gasteiger charge is -2.58. The van der Waals surface area contributed by atoms with Crippen LogP contribution >= 0.6 is 22.6 Å². The summed E-state index contributed by atoms with van der Waals surface area (Å²) in [4.78, 5) is 18.1. The maximum absolute atomic E-state index is 12.1. The van der Waals surface area contributed by atoms with Crippen molar-refractivity contribution in [2.45, 2.75) is 45.1 Å². The van der Waals surface area contributed by atoms with Gasteiger partial charge in [0, 0.05) is 36.5 Å². The molecule has 8 heteroatoms. The van der Waals surface area contributed by atoms with Crippen LogP contribution in [0.15, 0.2) is 24.5 Å². The summed E-state index contributed by atoms with van der Waals surface area (Å²) in [7, 11) is 0. The molecule has 1 amide bonds. The van der Waals surface area contributed by atoms with E-state index in [4.69, 9.17) is 9.84 Å². The Labute approximate surface area is 184 Å². The number of carbonyl (C=O) groups excluding carboxylic acids is 1. The second-order valence-corrected chi connectivity index (χ2v) is 9.10. The summed E-state index contributed by atoms with van der Waals surface area (Å²) in [6.45, 7) is 4.10. The zero-order chi connectivity index (χ0) is 20.4. The molecule has 1 spiro atoms. The number of nitriles is 1. The van der Waals surface area contributed by atoms with Crippen molar-refractivity contribution in [1.82, 2.24) is 19.7 Å². The van der Waals surface area contributed by atoms with Crippen LogP contribution < -0.4 is 0 Å². The quantitative estimate of drug-likeness (QED) is 0.435. The third-order valence-corrected chi connectivity index (χ3v) is 6.98. The highest BCUT2D eigenvalue weighted by atomic mass is 127. The van der Waals surface area contributed by atoms with Crippen LogP contribution in [0, 0.1) is 20.3 Å². The minimum atomic E-state index is -0.190. The molecule has 3 heterocycles. The predicted octanol–water partition coefficient (Wildman–Crippen LogP) is 4.19. The zero-order valence-electron chi connectivity index (χ0n) is 16.5. The molecule has 4 rings (SSSR count). The lowest BCUT2D eigenvalue weighted by molar-refractivity contribution is -0.0826. The average Bonchev–Trinajstić information content (AvgIpc) is 2.97. The molecule has 0 aromatic carbocycles. The van der Waals surface area contributed by atoms with Crippen LogP contribution in [-0.2, 0) is 11.2 Å². The highest BCUT2D eigenvalue weighted by molar-refractivity contribution is 14.1. The van der Waals surface area contributed by atoms with Gasteiger partial charge in [-0.05, 0) is 54.0 Å². The van der Waals surface area contributed by atoms with E-state index in [-0.39, 0.29) is 17.6 Å². The van der Waals surface area contributed by atoms with E-state index in [9.17, 15) is 10.1 Å². The maximum Gasteiger partial charge on any atom is 0.409 e. The highest BCUT2D eigenvalue weighted by Crippen LogP contribution is 2.54. The third kappa shape index (κ3) is 3.84. The fraction of sp³-hybridized carbons (Fsp3) is 0.524. The van der Waals surface area contributed by atoms with Gasteiger partial charge in [-0.2, -0.15) is 10.4 Å². The molecule has 2 aromatic rings. The Bertz CT molecular complexity index is 923. The lowest BCUT2D eigenvalue weighted by Crippen LogP contribution is -2.64. The molecule has 1 aliphatic heterocycles. The molecule has 1 saturated carbocycles. The van der Waals surface area contributed by atoms with Crippen LogP contribution in [0.1, 0.15) is 44.3 Å². The Morgan fingerprint density at radius 2 is 2.24 bits per heavy atom. The standard InChI is InChI=1S/C21H24IN5O2/c1-2-3-9-29-20(28)26-13-21(14-26)10-16(11-21)27-17(6-7-23)18(22)19(25-27)15-5-4-8-24-12-15/h4-5,8,12,16H,2-3,6,9-11,13-14H2,1H3. The minimum Gasteiger partial charge on any atom is -0.449 e.